The van der Waals surface area contributed by atoms with Crippen LogP contribution in [0.2, 0.25) is 0 Å². The van der Waals surface area contributed by atoms with Crippen molar-refractivity contribution in [2.75, 3.05) is 52.9 Å². The highest BCUT2D eigenvalue weighted by Crippen LogP contribution is 2.32. The van der Waals surface area contributed by atoms with Gasteiger partial charge in [-0.1, -0.05) is 6.07 Å². The summed E-state index contributed by atoms with van der Waals surface area (Å²) in [6, 6.07) is 5.72. The van der Waals surface area contributed by atoms with Crippen molar-refractivity contribution >= 4 is 24.2 Å². The second-order valence-electron chi connectivity index (χ2n) is 7.88. The van der Waals surface area contributed by atoms with E-state index in [0.29, 0.717) is 26.2 Å². The quantitative estimate of drug-likeness (QED) is 0.651. The summed E-state index contributed by atoms with van der Waals surface area (Å²) in [6.07, 6.45) is 4.77. The van der Waals surface area contributed by atoms with Crippen molar-refractivity contribution in [2.24, 2.45) is 0 Å². The lowest BCUT2D eigenvalue weighted by atomic mass is 9.88. The first-order valence-electron chi connectivity index (χ1n) is 10.9. The van der Waals surface area contributed by atoms with Crippen LogP contribution in [0.15, 0.2) is 30.6 Å². The van der Waals surface area contributed by atoms with Crippen LogP contribution in [0.3, 0.4) is 0 Å². The van der Waals surface area contributed by atoms with Gasteiger partial charge in [-0.25, -0.2) is 0 Å². The number of ether oxygens (including phenoxy) is 1. The molecule has 8 nitrogen and oxygen atoms in total. The molecule has 1 aromatic heterocycles. The lowest BCUT2D eigenvalue weighted by Gasteiger charge is -2.48. The molecule has 1 atom stereocenters. The molecule has 2 amide bonds. The van der Waals surface area contributed by atoms with Gasteiger partial charge in [-0.3, -0.25) is 19.5 Å². The second kappa shape index (κ2) is 16.6. The van der Waals surface area contributed by atoms with E-state index in [-0.39, 0.29) is 42.5 Å². The van der Waals surface area contributed by atoms with Crippen LogP contribution in [0.4, 0.5) is 13.2 Å². The van der Waals surface area contributed by atoms with Crippen LogP contribution in [0, 0.1) is 0 Å². The maximum absolute atomic E-state index is 12.2. The number of aromatic nitrogens is 1. The Kier molecular flexibility index (Phi) is 15.7. The fraction of sp³-hybridized carbons (Fsp3) is 0.682. The lowest BCUT2D eigenvalue weighted by Crippen LogP contribution is -2.60. The largest absolute Gasteiger partial charge is 0.395 e. The van der Waals surface area contributed by atoms with E-state index in [0.717, 1.165) is 25.9 Å². The number of rotatable bonds is 5. The Balaban J connectivity index is 0.000000824. The van der Waals surface area contributed by atoms with E-state index in [2.05, 4.69) is 9.88 Å². The fourth-order valence-corrected chi connectivity index (χ4v) is 3.86. The van der Waals surface area contributed by atoms with Gasteiger partial charge in [-0.05, 0) is 38.8 Å². The molecule has 196 valence electrons. The highest BCUT2D eigenvalue weighted by Gasteiger charge is 2.44. The third kappa shape index (κ3) is 11.5. The van der Waals surface area contributed by atoms with E-state index in [1.54, 1.807) is 22.2 Å². The van der Waals surface area contributed by atoms with Gasteiger partial charge in [-0.2, -0.15) is 13.2 Å². The van der Waals surface area contributed by atoms with Crippen molar-refractivity contribution in [1.82, 2.24) is 19.7 Å². The van der Waals surface area contributed by atoms with Gasteiger partial charge in [0.05, 0.1) is 18.8 Å². The predicted octanol–water partition coefficient (Wildman–Crippen LogP) is 2.22. The van der Waals surface area contributed by atoms with E-state index in [1.807, 2.05) is 39.1 Å². The number of hydrogen-bond donors (Lipinski definition) is 1. The Hall–Kier alpha value is -1.95. The van der Waals surface area contributed by atoms with Crippen molar-refractivity contribution in [3.05, 3.63) is 30.6 Å². The van der Waals surface area contributed by atoms with Crippen molar-refractivity contribution in [2.45, 2.75) is 45.1 Å². The average Bonchev–Trinajstić information content (AvgIpc) is 2.78. The van der Waals surface area contributed by atoms with Gasteiger partial charge in [0.25, 0.3) is 5.91 Å². The molecule has 2 saturated heterocycles. The van der Waals surface area contributed by atoms with Gasteiger partial charge in [0.1, 0.15) is 6.10 Å². The summed E-state index contributed by atoms with van der Waals surface area (Å²) in [6.45, 7) is 3.65. The number of alkyl halides is 3. The van der Waals surface area contributed by atoms with E-state index >= 15 is 0 Å². The van der Waals surface area contributed by atoms with E-state index in [9.17, 15) is 22.8 Å². The van der Waals surface area contributed by atoms with Crippen molar-refractivity contribution in [1.29, 1.82) is 0 Å². The van der Waals surface area contributed by atoms with E-state index in [1.165, 1.54) is 0 Å². The molecule has 3 heterocycles. The number of likely N-dealkylation sites (N-methyl/N-ethyl adjacent to an activating group) is 2. The number of nitrogens with zero attached hydrogens (tertiary/aromatic N) is 4. The summed E-state index contributed by atoms with van der Waals surface area (Å²) in [4.78, 5) is 33.4. The SMILES string of the molecule is CCN(CCO)C(=O)CN1CCC2(CC1)CN(C)C(=O)C(C)O2.Cl.FC(F)F.c1ccncc1. The molecule has 0 saturated carbocycles. The Bertz CT molecular complexity index is 653. The number of halogens is 4. The summed E-state index contributed by atoms with van der Waals surface area (Å²) >= 11 is 0. The van der Waals surface area contributed by atoms with Gasteiger partial charge in [0.15, 0.2) is 0 Å². The number of aliphatic hydroxyl groups is 1. The molecule has 2 aliphatic rings. The van der Waals surface area contributed by atoms with Gasteiger partial charge < -0.3 is 19.6 Å². The normalized spacial score (nSPS) is 19.4. The smallest absolute Gasteiger partial charge is 0.379 e. The number of carbonyl (C=O) groups excluding carboxylic acids is 2. The van der Waals surface area contributed by atoms with Crippen LogP contribution >= 0.6 is 12.4 Å². The highest BCUT2D eigenvalue weighted by molar-refractivity contribution is 5.85. The molecule has 3 rings (SSSR count). The minimum atomic E-state index is -3.67. The van der Waals surface area contributed by atoms with Crippen LogP contribution in [0.1, 0.15) is 26.7 Å². The van der Waals surface area contributed by atoms with Crippen LogP contribution in [0.25, 0.3) is 0 Å². The molecular formula is C22H36ClF3N4O4. The molecule has 0 bridgehead atoms. The zero-order chi connectivity index (χ0) is 24.9. The summed E-state index contributed by atoms with van der Waals surface area (Å²) in [5, 5.41) is 9.00. The number of morpholine rings is 1. The first kappa shape index (κ1) is 32.0. The van der Waals surface area contributed by atoms with E-state index in [4.69, 9.17) is 9.84 Å². The summed E-state index contributed by atoms with van der Waals surface area (Å²) in [5.41, 5.74) is -0.267. The van der Waals surface area contributed by atoms with Crippen LogP contribution < -0.4 is 0 Å². The minimum Gasteiger partial charge on any atom is -0.395 e. The Morgan fingerprint density at radius 1 is 1.26 bits per heavy atom. The number of carbonyl (C=O) groups is 2. The Morgan fingerprint density at radius 3 is 2.21 bits per heavy atom. The van der Waals surface area contributed by atoms with Crippen LogP contribution in [-0.4, -0.2) is 108 Å². The number of likely N-dealkylation sites (tertiary alicyclic amines) is 1. The number of pyridine rings is 1. The molecule has 0 aliphatic carbocycles. The van der Waals surface area contributed by atoms with Gasteiger partial charge >= 0.3 is 6.68 Å². The van der Waals surface area contributed by atoms with Gasteiger partial charge in [0.2, 0.25) is 5.91 Å². The molecule has 1 unspecified atom stereocenters. The zero-order valence-electron chi connectivity index (χ0n) is 19.9. The maximum Gasteiger partial charge on any atom is 0.379 e. The number of hydrogen-bond acceptors (Lipinski definition) is 6. The summed E-state index contributed by atoms with van der Waals surface area (Å²) in [5.74, 6) is 0.0959. The molecule has 34 heavy (non-hydrogen) atoms. The van der Waals surface area contributed by atoms with Crippen LogP contribution in [0.5, 0.6) is 0 Å². The van der Waals surface area contributed by atoms with Gasteiger partial charge in [0, 0.05) is 52.2 Å². The molecule has 12 heteroatoms. The predicted molar refractivity (Wildman–Crippen MR) is 125 cm³/mol. The monoisotopic (exact) mass is 512 g/mol. The van der Waals surface area contributed by atoms with E-state index < -0.39 is 6.68 Å². The zero-order valence-corrected chi connectivity index (χ0v) is 20.7. The summed E-state index contributed by atoms with van der Waals surface area (Å²) in [7, 11) is 1.83. The van der Waals surface area contributed by atoms with Crippen molar-refractivity contribution in [3.63, 3.8) is 0 Å². The standard InChI is InChI=1S/C16H29N3O4.C5H5N.CHF3.ClH/c1-4-19(9-10-20)14(21)11-18-7-5-16(6-8-18)12-17(3)15(22)13(2)23-16;1-2-4-6-5-3-1;2-1(3)4;/h13,20H,4-12H2,1-3H3;1-5H;1H;1H. The first-order chi connectivity index (χ1) is 15.6. The Labute approximate surface area is 205 Å². The maximum atomic E-state index is 12.2. The van der Waals surface area contributed by atoms with Crippen molar-refractivity contribution < 1.29 is 32.6 Å². The number of aliphatic hydroxyl groups excluding tert-OH is 1. The highest BCUT2D eigenvalue weighted by atomic mass is 35.5. The van der Waals surface area contributed by atoms with Gasteiger partial charge in [-0.15, -0.1) is 12.4 Å². The molecule has 1 N–H and O–H groups in total. The number of amides is 2. The third-order valence-corrected chi connectivity index (χ3v) is 5.47. The number of piperidine rings is 1. The second-order valence-corrected chi connectivity index (χ2v) is 7.88. The van der Waals surface area contributed by atoms with Crippen molar-refractivity contribution in [3.8, 4) is 0 Å². The minimum absolute atomic E-state index is 0. The molecule has 1 spiro atoms. The summed E-state index contributed by atoms with van der Waals surface area (Å²) < 4.78 is 35.0. The molecule has 2 aliphatic heterocycles. The molecule has 1 aromatic rings. The fourth-order valence-electron chi connectivity index (χ4n) is 3.86. The Morgan fingerprint density at radius 2 is 1.82 bits per heavy atom. The van der Waals surface area contributed by atoms with Crippen LogP contribution in [-0.2, 0) is 14.3 Å². The third-order valence-electron chi connectivity index (χ3n) is 5.47. The molecule has 0 radical (unpaired) electrons. The molecular weight excluding hydrogens is 477 g/mol. The topological polar surface area (TPSA) is 86.2 Å². The molecule has 0 aromatic carbocycles. The first-order valence-corrected chi connectivity index (χ1v) is 10.9. The lowest BCUT2D eigenvalue weighted by molar-refractivity contribution is -0.187. The molecule has 2 fully saturated rings. The average molecular weight is 513 g/mol.